The monoisotopic (exact) mass is 530 g/mol. The summed E-state index contributed by atoms with van der Waals surface area (Å²) in [6.45, 7) is 4.33. The summed E-state index contributed by atoms with van der Waals surface area (Å²) < 4.78 is 46.5. The van der Waals surface area contributed by atoms with Gasteiger partial charge >= 0.3 is 0 Å². The number of ether oxygens (including phenoxy) is 1. The summed E-state index contributed by atoms with van der Waals surface area (Å²) in [5.41, 5.74) is 2.36. The third-order valence-electron chi connectivity index (χ3n) is 5.30. The highest BCUT2D eigenvalue weighted by Gasteiger charge is 2.27. The van der Waals surface area contributed by atoms with E-state index in [1.807, 2.05) is 13.8 Å². The second kappa shape index (κ2) is 13.3. The molecule has 3 aromatic carbocycles. The third kappa shape index (κ3) is 7.99. The Labute approximate surface area is 216 Å². The summed E-state index contributed by atoms with van der Waals surface area (Å²) in [6.07, 6.45) is 0.728. The maximum Gasteiger partial charge on any atom is 0.264 e. The fraction of sp³-hybridized carbons (Fsp3) is 0.296. The number of thioether (sulfide) groups is 1. The van der Waals surface area contributed by atoms with Crippen molar-refractivity contribution in [3.63, 3.8) is 0 Å². The molecule has 36 heavy (non-hydrogen) atoms. The number of benzene rings is 3. The first kappa shape index (κ1) is 27.5. The average molecular weight is 531 g/mol. The summed E-state index contributed by atoms with van der Waals surface area (Å²) in [7, 11) is -3.96. The Balaban J connectivity index is 1.60. The number of aryl methyl sites for hydroxylation is 1. The highest BCUT2D eigenvalue weighted by Crippen LogP contribution is 2.26. The van der Waals surface area contributed by atoms with Crippen LogP contribution in [0.4, 0.5) is 10.1 Å². The van der Waals surface area contributed by atoms with Crippen LogP contribution in [0, 0.1) is 12.7 Å². The van der Waals surface area contributed by atoms with Crippen molar-refractivity contribution in [1.82, 2.24) is 5.32 Å². The number of anilines is 1. The molecule has 0 aliphatic heterocycles. The molecule has 0 aliphatic carbocycles. The second-order valence-electron chi connectivity index (χ2n) is 8.13. The topological polar surface area (TPSA) is 75.7 Å². The fourth-order valence-corrected chi connectivity index (χ4v) is 5.73. The number of rotatable bonds is 13. The van der Waals surface area contributed by atoms with Crippen LogP contribution in [0.1, 0.15) is 24.5 Å². The second-order valence-corrected chi connectivity index (χ2v) is 11.1. The Hall–Kier alpha value is -3.04. The van der Waals surface area contributed by atoms with Gasteiger partial charge in [0.1, 0.15) is 18.1 Å². The maximum atomic E-state index is 13.4. The number of nitrogens with one attached hydrogen (secondary N) is 1. The lowest BCUT2D eigenvalue weighted by molar-refractivity contribution is -0.119. The number of amides is 1. The zero-order valence-corrected chi connectivity index (χ0v) is 22.1. The molecule has 0 unspecified atom stereocenters. The van der Waals surface area contributed by atoms with E-state index < -0.39 is 10.0 Å². The van der Waals surface area contributed by atoms with E-state index in [2.05, 4.69) is 5.32 Å². The number of carbonyl (C=O) groups is 1. The van der Waals surface area contributed by atoms with Crippen molar-refractivity contribution in [2.45, 2.75) is 30.9 Å². The summed E-state index contributed by atoms with van der Waals surface area (Å²) in [5.74, 6) is 1.55. The molecule has 0 aromatic heterocycles. The zero-order chi connectivity index (χ0) is 26.0. The van der Waals surface area contributed by atoms with Crippen LogP contribution in [-0.4, -0.2) is 39.8 Å². The molecule has 0 bridgehead atoms. The quantitative estimate of drug-likeness (QED) is 0.309. The van der Waals surface area contributed by atoms with E-state index in [0.29, 0.717) is 24.6 Å². The number of sulfonamides is 1. The average Bonchev–Trinajstić information content (AvgIpc) is 2.87. The van der Waals surface area contributed by atoms with Gasteiger partial charge in [0.2, 0.25) is 5.91 Å². The van der Waals surface area contributed by atoms with E-state index in [1.165, 1.54) is 12.1 Å². The number of nitrogens with zero attached hydrogens (tertiary/aromatic N) is 1. The summed E-state index contributed by atoms with van der Waals surface area (Å²) in [5, 5.41) is 2.82. The van der Waals surface area contributed by atoms with Crippen LogP contribution < -0.4 is 14.4 Å². The van der Waals surface area contributed by atoms with Gasteiger partial charge in [0, 0.05) is 12.3 Å². The molecule has 1 amide bonds. The summed E-state index contributed by atoms with van der Waals surface area (Å²) in [6, 6.07) is 19.6. The molecule has 3 rings (SSSR count). The first-order valence-electron chi connectivity index (χ1n) is 11.7. The van der Waals surface area contributed by atoms with Crippen molar-refractivity contribution in [3.8, 4) is 5.75 Å². The molecule has 9 heteroatoms. The molecule has 3 aromatic rings. The van der Waals surface area contributed by atoms with Crippen molar-refractivity contribution in [1.29, 1.82) is 0 Å². The highest BCUT2D eigenvalue weighted by molar-refractivity contribution is 7.98. The molecule has 0 saturated heterocycles. The molecule has 0 saturated carbocycles. The lowest BCUT2D eigenvalue weighted by atomic mass is 10.2. The normalized spacial score (nSPS) is 11.2. The van der Waals surface area contributed by atoms with Crippen LogP contribution in [0.15, 0.2) is 77.7 Å². The van der Waals surface area contributed by atoms with Crippen molar-refractivity contribution in [2.75, 3.05) is 29.8 Å². The maximum absolute atomic E-state index is 13.4. The minimum atomic E-state index is -3.96. The third-order valence-corrected chi connectivity index (χ3v) is 8.20. The van der Waals surface area contributed by atoms with Gasteiger partial charge in [-0.2, -0.15) is 11.8 Å². The summed E-state index contributed by atoms with van der Waals surface area (Å²) in [4.78, 5) is 12.8. The molecular weight excluding hydrogens is 499 g/mol. The van der Waals surface area contributed by atoms with Crippen LogP contribution in [0.5, 0.6) is 5.75 Å². The van der Waals surface area contributed by atoms with E-state index in [9.17, 15) is 17.6 Å². The molecule has 0 radical (unpaired) electrons. The largest absolute Gasteiger partial charge is 0.494 e. The Morgan fingerprint density at radius 3 is 2.31 bits per heavy atom. The molecule has 0 aliphatic rings. The van der Waals surface area contributed by atoms with Crippen molar-refractivity contribution in [2.24, 2.45) is 0 Å². The van der Waals surface area contributed by atoms with Crippen LogP contribution in [0.2, 0.25) is 0 Å². The number of hydrogen-bond donors (Lipinski definition) is 1. The number of hydrogen-bond acceptors (Lipinski definition) is 5. The van der Waals surface area contributed by atoms with Gasteiger partial charge in [-0.15, -0.1) is 0 Å². The zero-order valence-electron chi connectivity index (χ0n) is 20.4. The fourth-order valence-electron chi connectivity index (χ4n) is 3.39. The van der Waals surface area contributed by atoms with Crippen LogP contribution in [-0.2, 0) is 20.6 Å². The van der Waals surface area contributed by atoms with Gasteiger partial charge in [0.15, 0.2) is 0 Å². The molecule has 1 N–H and O–H groups in total. The number of carbonyl (C=O) groups excluding carboxylic acids is 1. The lowest BCUT2D eigenvalue weighted by Crippen LogP contribution is -2.41. The predicted octanol–water partition coefficient (Wildman–Crippen LogP) is 5.17. The van der Waals surface area contributed by atoms with Gasteiger partial charge in [-0.3, -0.25) is 9.10 Å². The lowest BCUT2D eigenvalue weighted by Gasteiger charge is -2.24. The van der Waals surface area contributed by atoms with Gasteiger partial charge in [0.25, 0.3) is 10.0 Å². The van der Waals surface area contributed by atoms with Crippen LogP contribution >= 0.6 is 11.8 Å². The molecule has 0 heterocycles. The predicted molar refractivity (Wildman–Crippen MR) is 144 cm³/mol. The van der Waals surface area contributed by atoms with Crippen molar-refractivity contribution < 1.29 is 22.3 Å². The van der Waals surface area contributed by atoms with E-state index in [4.69, 9.17) is 4.74 Å². The van der Waals surface area contributed by atoms with E-state index in [0.717, 1.165) is 33.4 Å². The molecule has 0 fully saturated rings. The van der Waals surface area contributed by atoms with Crippen molar-refractivity contribution >= 4 is 33.4 Å². The SMILES string of the molecule is CCOc1ccc(N(CC(=O)NCCCSCc2ccc(F)cc2)S(=O)(=O)c2ccc(C)cc2)cc1. The molecule has 6 nitrogen and oxygen atoms in total. The van der Waals surface area contributed by atoms with Gasteiger partial charge in [-0.25, -0.2) is 12.8 Å². The minimum absolute atomic E-state index is 0.118. The van der Waals surface area contributed by atoms with Gasteiger partial charge in [0.05, 0.1) is 17.2 Å². The molecule has 192 valence electrons. The first-order chi connectivity index (χ1) is 17.3. The summed E-state index contributed by atoms with van der Waals surface area (Å²) >= 11 is 1.69. The minimum Gasteiger partial charge on any atom is -0.494 e. The van der Waals surface area contributed by atoms with Crippen molar-refractivity contribution in [3.05, 3.63) is 89.7 Å². The molecular formula is C27H31FN2O4S2. The van der Waals surface area contributed by atoms with E-state index in [1.54, 1.807) is 72.4 Å². The number of halogens is 1. The first-order valence-corrected chi connectivity index (χ1v) is 14.3. The van der Waals surface area contributed by atoms with Crippen LogP contribution in [0.25, 0.3) is 0 Å². The van der Waals surface area contributed by atoms with Crippen LogP contribution in [0.3, 0.4) is 0 Å². The molecule has 0 atom stereocenters. The Bertz CT molecular complexity index is 1220. The Morgan fingerprint density at radius 1 is 1.00 bits per heavy atom. The smallest absolute Gasteiger partial charge is 0.264 e. The van der Waals surface area contributed by atoms with Gasteiger partial charge in [-0.1, -0.05) is 29.8 Å². The van der Waals surface area contributed by atoms with Gasteiger partial charge < -0.3 is 10.1 Å². The molecule has 0 spiro atoms. The van der Waals surface area contributed by atoms with E-state index in [-0.39, 0.29) is 23.2 Å². The Morgan fingerprint density at radius 2 is 1.67 bits per heavy atom. The Kier molecular flexibility index (Phi) is 10.2. The van der Waals surface area contributed by atoms with E-state index >= 15 is 0 Å². The standard InChI is InChI=1S/C27H31FN2O4S2/c1-3-34-25-13-11-24(12-14-25)30(36(32,33)26-15-5-21(2)6-16-26)19-27(31)29-17-4-18-35-20-22-7-9-23(28)10-8-22/h5-16H,3-4,17-20H2,1-2H3,(H,29,31). The highest BCUT2D eigenvalue weighted by atomic mass is 32.2. The van der Waals surface area contributed by atoms with Gasteiger partial charge in [-0.05, 0) is 80.1 Å².